The van der Waals surface area contributed by atoms with E-state index in [2.05, 4.69) is 9.97 Å². The van der Waals surface area contributed by atoms with Gasteiger partial charge in [0.2, 0.25) is 0 Å². The van der Waals surface area contributed by atoms with Crippen molar-refractivity contribution in [3.05, 3.63) is 34.9 Å². The zero-order valence-electron chi connectivity index (χ0n) is 9.33. The summed E-state index contributed by atoms with van der Waals surface area (Å²) < 4.78 is 0. The number of hydrogen-bond donors (Lipinski definition) is 1. The monoisotopic (exact) mass is 248 g/mol. The van der Waals surface area contributed by atoms with Crippen molar-refractivity contribution in [1.29, 1.82) is 0 Å². The normalized spacial score (nSPS) is 12.3. The molecule has 17 heavy (non-hydrogen) atoms. The van der Waals surface area contributed by atoms with E-state index in [1.54, 1.807) is 12.4 Å². The van der Waals surface area contributed by atoms with Gasteiger partial charge in [-0.25, -0.2) is 4.98 Å². The van der Waals surface area contributed by atoms with Gasteiger partial charge in [-0.05, 0) is 18.6 Å². The molecule has 0 spiro atoms. The van der Waals surface area contributed by atoms with Crippen LogP contribution in [0, 0.1) is 0 Å². The first-order chi connectivity index (χ1) is 8.22. The van der Waals surface area contributed by atoms with Gasteiger partial charge in [0.15, 0.2) is 0 Å². The van der Waals surface area contributed by atoms with Crippen LogP contribution >= 0.6 is 11.3 Å². The molecule has 0 aliphatic rings. The molecule has 1 N–H and O–H groups in total. The van der Waals surface area contributed by atoms with Gasteiger partial charge in [0.05, 0.1) is 5.69 Å². The lowest BCUT2D eigenvalue weighted by molar-refractivity contribution is -0.138. The smallest absolute Gasteiger partial charge is 0.313 e. The van der Waals surface area contributed by atoms with Crippen LogP contribution in [0.15, 0.2) is 29.9 Å². The van der Waals surface area contributed by atoms with Crippen molar-refractivity contribution in [1.82, 2.24) is 9.97 Å². The third-order valence-corrected chi connectivity index (χ3v) is 3.46. The Balaban J connectivity index is 2.30. The number of hydrogen-bond acceptors (Lipinski definition) is 4. The maximum absolute atomic E-state index is 11.0. The zero-order chi connectivity index (χ0) is 12.3. The van der Waals surface area contributed by atoms with Crippen LogP contribution in [0.4, 0.5) is 0 Å². The summed E-state index contributed by atoms with van der Waals surface area (Å²) in [4.78, 5) is 19.4. The van der Waals surface area contributed by atoms with Crippen LogP contribution in [0.2, 0.25) is 0 Å². The molecule has 2 aromatic rings. The highest BCUT2D eigenvalue weighted by Gasteiger charge is 2.21. The predicted molar refractivity (Wildman–Crippen MR) is 66.0 cm³/mol. The molecule has 0 aromatic carbocycles. The lowest BCUT2D eigenvalue weighted by Crippen LogP contribution is -2.09. The first kappa shape index (κ1) is 11.7. The highest BCUT2D eigenvalue weighted by Crippen LogP contribution is 2.28. The third kappa shape index (κ3) is 2.50. The Kier molecular flexibility index (Phi) is 3.49. The molecule has 0 fully saturated rings. The summed E-state index contributed by atoms with van der Waals surface area (Å²) in [5.41, 5.74) is 1.77. The van der Waals surface area contributed by atoms with Gasteiger partial charge in [0, 0.05) is 23.3 Å². The molecule has 0 amide bonds. The molecule has 1 unspecified atom stereocenters. The maximum atomic E-state index is 11.0. The topological polar surface area (TPSA) is 63.1 Å². The van der Waals surface area contributed by atoms with E-state index in [-0.39, 0.29) is 0 Å². The number of thiazole rings is 1. The molecular weight excluding hydrogens is 236 g/mol. The minimum absolute atomic E-state index is 0.504. The minimum atomic E-state index is -0.817. The zero-order valence-corrected chi connectivity index (χ0v) is 10.1. The fourth-order valence-corrected chi connectivity index (χ4v) is 2.56. The van der Waals surface area contributed by atoms with Crippen molar-refractivity contribution in [2.75, 3.05) is 0 Å². The van der Waals surface area contributed by atoms with Gasteiger partial charge in [-0.2, -0.15) is 0 Å². The van der Waals surface area contributed by atoms with Crippen LogP contribution in [0.1, 0.15) is 24.3 Å². The molecule has 2 heterocycles. The first-order valence-corrected chi connectivity index (χ1v) is 6.19. The fraction of sp³-hybridized carbons (Fsp3) is 0.250. The molecule has 0 aliphatic heterocycles. The van der Waals surface area contributed by atoms with Crippen LogP contribution in [-0.2, 0) is 4.79 Å². The van der Waals surface area contributed by atoms with E-state index in [4.69, 9.17) is 5.11 Å². The van der Waals surface area contributed by atoms with E-state index in [9.17, 15) is 4.79 Å². The number of carbonyl (C=O) groups is 1. The average Bonchev–Trinajstić information content (AvgIpc) is 2.80. The number of rotatable bonds is 4. The SMILES string of the molecule is CCC(C(=O)O)c1nc(-c2ccncc2)cs1. The molecular formula is C12H12N2O2S. The van der Waals surface area contributed by atoms with Crippen LogP contribution in [0.3, 0.4) is 0 Å². The Labute approximate surface area is 103 Å². The summed E-state index contributed by atoms with van der Waals surface area (Å²) in [6.45, 7) is 1.85. The quantitative estimate of drug-likeness (QED) is 0.903. The van der Waals surface area contributed by atoms with Gasteiger partial charge in [-0.15, -0.1) is 11.3 Å². The highest BCUT2D eigenvalue weighted by atomic mass is 32.1. The number of nitrogens with zero attached hydrogens (tertiary/aromatic N) is 2. The third-order valence-electron chi connectivity index (χ3n) is 2.50. The molecule has 0 bridgehead atoms. The van der Waals surface area contributed by atoms with E-state index >= 15 is 0 Å². The van der Waals surface area contributed by atoms with Crippen LogP contribution in [0.25, 0.3) is 11.3 Å². The van der Waals surface area contributed by atoms with Crippen molar-refractivity contribution < 1.29 is 9.90 Å². The summed E-state index contributed by atoms with van der Waals surface area (Å²) >= 11 is 1.39. The lowest BCUT2D eigenvalue weighted by Gasteiger charge is -2.04. The van der Waals surface area contributed by atoms with Gasteiger partial charge < -0.3 is 5.11 Å². The molecule has 0 saturated heterocycles. The van der Waals surface area contributed by atoms with Crippen molar-refractivity contribution in [3.63, 3.8) is 0 Å². The van der Waals surface area contributed by atoms with Crippen molar-refractivity contribution in [2.45, 2.75) is 19.3 Å². The predicted octanol–water partition coefficient (Wildman–Crippen LogP) is 2.78. The average molecular weight is 248 g/mol. The highest BCUT2D eigenvalue weighted by molar-refractivity contribution is 7.10. The molecule has 4 nitrogen and oxygen atoms in total. The summed E-state index contributed by atoms with van der Waals surface area (Å²) in [5, 5.41) is 11.6. The van der Waals surface area contributed by atoms with Crippen LogP contribution in [-0.4, -0.2) is 21.0 Å². The van der Waals surface area contributed by atoms with Crippen molar-refractivity contribution >= 4 is 17.3 Å². The van der Waals surface area contributed by atoms with E-state index in [0.29, 0.717) is 11.4 Å². The Morgan fingerprint density at radius 2 is 2.18 bits per heavy atom. The molecule has 2 rings (SSSR count). The fourth-order valence-electron chi connectivity index (χ4n) is 1.56. The van der Waals surface area contributed by atoms with Crippen molar-refractivity contribution in [3.8, 4) is 11.3 Å². The molecule has 2 aromatic heterocycles. The summed E-state index contributed by atoms with van der Waals surface area (Å²) in [5.74, 6) is -1.32. The van der Waals surface area contributed by atoms with Crippen LogP contribution in [0.5, 0.6) is 0 Å². The van der Waals surface area contributed by atoms with E-state index < -0.39 is 11.9 Å². The number of pyridine rings is 1. The summed E-state index contributed by atoms with van der Waals surface area (Å²) in [6.07, 6.45) is 3.95. The van der Waals surface area contributed by atoms with E-state index in [1.165, 1.54) is 11.3 Å². The van der Waals surface area contributed by atoms with E-state index in [0.717, 1.165) is 11.3 Å². The Morgan fingerprint density at radius 1 is 1.47 bits per heavy atom. The van der Waals surface area contributed by atoms with Gasteiger partial charge in [-0.1, -0.05) is 6.92 Å². The van der Waals surface area contributed by atoms with Crippen LogP contribution < -0.4 is 0 Å². The van der Waals surface area contributed by atoms with Crippen molar-refractivity contribution in [2.24, 2.45) is 0 Å². The first-order valence-electron chi connectivity index (χ1n) is 5.31. The second-order valence-corrected chi connectivity index (χ2v) is 4.50. The summed E-state index contributed by atoms with van der Waals surface area (Å²) in [7, 11) is 0. The van der Waals surface area contributed by atoms with Gasteiger partial charge >= 0.3 is 5.97 Å². The second-order valence-electron chi connectivity index (χ2n) is 3.61. The Morgan fingerprint density at radius 3 is 2.76 bits per heavy atom. The Hall–Kier alpha value is -1.75. The number of carboxylic acids is 1. The van der Waals surface area contributed by atoms with Gasteiger partial charge in [-0.3, -0.25) is 9.78 Å². The largest absolute Gasteiger partial charge is 0.481 e. The number of carboxylic acid groups (broad SMARTS) is 1. The molecule has 5 heteroatoms. The lowest BCUT2D eigenvalue weighted by atomic mass is 10.1. The second kappa shape index (κ2) is 5.05. The Bertz CT molecular complexity index is 510. The maximum Gasteiger partial charge on any atom is 0.313 e. The minimum Gasteiger partial charge on any atom is -0.481 e. The standard InChI is InChI=1S/C12H12N2O2S/c1-2-9(12(15)16)11-14-10(7-17-11)8-3-5-13-6-4-8/h3-7,9H,2H2,1H3,(H,15,16). The molecule has 0 saturated carbocycles. The van der Waals surface area contributed by atoms with Gasteiger partial charge in [0.1, 0.15) is 10.9 Å². The molecule has 1 atom stereocenters. The molecule has 88 valence electrons. The molecule has 0 aliphatic carbocycles. The van der Waals surface area contributed by atoms with E-state index in [1.807, 2.05) is 24.4 Å². The summed E-state index contributed by atoms with van der Waals surface area (Å²) in [6, 6.07) is 3.72. The molecule has 0 radical (unpaired) electrons. The van der Waals surface area contributed by atoms with Gasteiger partial charge in [0.25, 0.3) is 0 Å². The number of aliphatic carboxylic acids is 1. The number of aromatic nitrogens is 2.